The molecule has 0 spiro atoms. The van der Waals surface area contributed by atoms with E-state index in [1.54, 1.807) is 0 Å². The van der Waals surface area contributed by atoms with Crippen LogP contribution in [0.3, 0.4) is 0 Å². The van der Waals surface area contributed by atoms with Gasteiger partial charge in [0.05, 0.1) is 5.66 Å². The minimum Gasteiger partial charge on any atom is -0.310 e. The largest absolute Gasteiger partial charge is 0.310 e. The van der Waals surface area contributed by atoms with E-state index in [1.165, 1.54) is 22.3 Å². The molecule has 0 amide bonds. The molecule has 2 heteroatoms. The molecule has 0 heterocycles. The van der Waals surface area contributed by atoms with E-state index >= 15 is 0 Å². The molecule has 0 atom stereocenters. The van der Waals surface area contributed by atoms with Gasteiger partial charge in [0.1, 0.15) is 0 Å². The predicted molar refractivity (Wildman–Crippen MR) is 78.0 cm³/mol. The maximum absolute atomic E-state index is 5.89. The first-order valence-corrected chi connectivity index (χ1v) is 6.65. The van der Waals surface area contributed by atoms with Crippen molar-refractivity contribution in [3.05, 3.63) is 53.1 Å². The Balaban J connectivity index is 2.41. The van der Waals surface area contributed by atoms with Crippen molar-refractivity contribution < 1.29 is 0 Å². The van der Waals surface area contributed by atoms with Crippen LogP contribution < -0.4 is 11.5 Å². The van der Waals surface area contributed by atoms with Gasteiger partial charge in [-0.2, -0.15) is 0 Å². The van der Waals surface area contributed by atoms with E-state index in [2.05, 4.69) is 44.2 Å². The second-order valence-electron chi connectivity index (χ2n) is 4.96. The summed E-state index contributed by atoms with van der Waals surface area (Å²) in [6.07, 6.45) is 8.93. The molecule has 18 heavy (non-hydrogen) atoms. The molecule has 4 N–H and O–H groups in total. The maximum Gasteiger partial charge on any atom is 0.0867 e. The Labute approximate surface area is 109 Å². The highest BCUT2D eigenvalue weighted by atomic mass is 14.9. The zero-order valence-corrected chi connectivity index (χ0v) is 11.2. The lowest BCUT2D eigenvalue weighted by Gasteiger charge is -2.24. The first kappa shape index (κ1) is 13.1. The van der Waals surface area contributed by atoms with E-state index < -0.39 is 5.66 Å². The summed E-state index contributed by atoms with van der Waals surface area (Å²) in [7, 11) is 0. The molecule has 1 aromatic rings. The van der Waals surface area contributed by atoms with Gasteiger partial charge in [-0.1, -0.05) is 44.2 Å². The topological polar surface area (TPSA) is 52.0 Å². The number of allylic oxidation sites excluding steroid dienone is 2. The van der Waals surface area contributed by atoms with Gasteiger partial charge in [-0.05, 0) is 41.2 Å². The second-order valence-corrected chi connectivity index (χ2v) is 4.96. The summed E-state index contributed by atoms with van der Waals surface area (Å²) >= 11 is 0. The maximum atomic E-state index is 5.89. The molecule has 0 radical (unpaired) electrons. The highest BCUT2D eigenvalue weighted by molar-refractivity contribution is 5.78. The highest BCUT2D eigenvalue weighted by Gasteiger charge is 2.18. The second kappa shape index (κ2) is 5.09. The van der Waals surface area contributed by atoms with Gasteiger partial charge in [0.15, 0.2) is 0 Å². The van der Waals surface area contributed by atoms with Gasteiger partial charge >= 0.3 is 0 Å². The number of hydrogen-bond donors (Lipinski definition) is 2. The number of hydrogen-bond acceptors (Lipinski definition) is 2. The Bertz CT molecular complexity index is 496. The third-order valence-electron chi connectivity index (χ3n) is 3.57. The van der Waals surface area contributed by atoms with Crippen molar-refractivity contribution in [3.8, 4) is 0 Å². The van der Waals surface area contributed by atoms with Crippen molar-refractivity contribution in [2.45, 2.75) is 38.8 Å². The third-order valence-corrected chi connectivity index (χ3v) is 3.57. The lowest BCUT2D eigenvalue weighted by molar-refractivity contribution is 0.558. The van der Waals surface area contributed by atoms with Gasteiger partial charge in [-0.15, -0.1) is 0 Å². The number of aryl methyl sites for hydroxylation is 1. The van der Waals surface area contributed by atoms with E-state index in [0.29, 0.717) is 6.42 Å². The fourth-order valence-corrected chi connectivity index (χ4v) is 2.52. The van der Waals surface area contributed by atoms with Crippen LogP contribution in [0.5, 0.6) is 0 Å². The fraction of sp³-hybridized carbons (Fsp3) is 0.375. The van der Waals surface area contributed by atoms with Crippen molar-refractivity contribution in [2.75, 3.05) is 0 Å². The fourth-order valence-electron chi connectivity index (χ4n) is 2.52. The molecule has 1 aliphatic rings. The van der Waals surface area contributed by atoms with Crippen molar-refractivity contribution in [3.63, 3.8) is 0 Å². The zero-order valence-electron chi connectivity index (χ0n) is 11.2. The molecule has 2 nitrogen and oxygen atoms in total. The summed E-state index contributed by atoms with van der Waals surface area (Å²) in [6.45, 7) is 4.41. The summed E-state index contributed by atoms with van der Waals surface area (Å²) in [5, 5.41) is 0. The molecule has 1 aliphatic carbocycles. The van der Waals surface area contributed by atoms with Crippen LogP contribution >= 0.6 is 0 Å². The van der Waals surface area contributed by atoms with Crippen LogP contribution in [0.1, 0.15) is 37.0 Å². The Morgan fingerprint density at radius 2 is 1.94 bits per heavy atom. The average Bonchev–Trinajstić information content (AvgIpc) is 2.37. The molecular weight excluding hydrogens is 220 g/mol. The van der Waals surface area contributed by atoms with Gasteiger partial charge in [-0.25, -0.2) is 0 Å². The predicted octanol–water partition coefficient (Wildman–Crippen LogP) is 2.77. The van der Waals surface area contributed by atoms with Crippen LogP contribution in [-0.2, 0) is 12.8 Å². The Kier molecular flexibility index (Phi) is 3.69. The van der Waals surface area contributed by atoms with Crippen molar-refractivity contribution >= 4 is 5.57 Å². The average molecular weight is 242 g/mol. The zero-order chi connectivity index (χ0) is 13.2. The summed E-state index contributed by atoms with van der Waals surface area (Å²) in [4.78, 5) is 0. The van der Waals surface area contributed by atoms with Crippen molar-refractivity contribution in [1.82, 2.24) is 0 Å². The Morgan fingerprint density at radius 3 is 2.50 bits per heavy atom. The van der Waals surface area contributed by atoms with Crippen LogP contribution in [0.2, 0.25) is 0 Å². The van der Waals surface area contributed by atoms with Crippen LogP contribution in [0.4, 0.5) is 0 Å². The van der Waals surface area contributed by atoms with Gasteiger partial charge in [0, 0.05) is 6.42 Å². The molecule has 0 bridgehead atoms. The van der Waals surface area contributed by atoms with Gasteiger partial charge in [0.2, 0.25) is 0 Å². The number of rotatable bonds is 3. The smallest absolute Gasteiger partial charge is 0.0867 e. The molecule has 0 aromatic heterocycles. The van der Waals surface area contributed by atoms with E-state index in [9.17, 15) is 0 Å². The quantitative estimate of drug-likeness (QED) is 0.801. The van der Waals surface area contributed by atoms with E-state index in [0.717, 1.165) is 12.8 Å². The summed E-state index contributed by atoms with van der Waals surface area (Å²) in [5.41, 5.74) is 16.5. The minimum absolute atomic E-state index is 0.682. The number of benzene rings is 1. The lowest BCUT2D eigenvalue weighted by atomic mass is 9.88. The van der Waals surface area contributed by atoms with Crippen molar-refractivity contribution in [2.24, 2.45) is 11.5 Å². The monoisotopic (exact) mass is 242 g/mol. The van der Waals surface area contributed by atoms with Gasteiger partial charge < -0.3 is 11.5 Å². The van der Waals surface area contributed by atoms with Crippen LogP contribution in [0.15, 0.2) is 36.4 Å². The van der Waals surface area contributed by atoms with E-state index in [4.69, 9.17) is 11.5 Å². The highest BCUT2D eigenvalue weighted by Crippen LogP contribution is 2.28. The molecule has 2 rings (SSSR count). The summed E-state index contributed by atoms with van der Waals surface area (Å²) in [5.74, 6) is 0. The van der Waals surface area contributed by atoms with Crippen molar-refractivity contribution in [1.29, 1.82) is 0 Å². The van der Waals surface area contributed by atoms with Crippen LogP contribution in [0.25, 0.3) is 5.57 Å². The van der Waals surface area contributed by atoms with Gasteiger partial charge in [0.25, 0.3) is 0 Å². The normalized spacial score (nSPS) is 17.7. The summed E-state index contributed by atoms with van der Waals surface area (Å²) < 4.78 is 0. The molecule has 0 fully saturated rings. The molecule has 1 aromatic carbocycles. The number of nitrogens with two attached hydrogens (primary N) is 2. The molecule has 0 saturated heterocycles. The summed E-state index contributed by atoms with van der Waals surface area (Å²) in [6, 6.07) is 6.54. The van der Waals surface area contributed by atoms with Crippen LogP contribution in [-0.4, -0.2) is 5.66 Å². The first-order chi connectivity index (χ1) is 8.57. The minimum atomic E-state index is -0.682. The molecule has 0 saturated carbocycles. The lowest BCUT2D eigenvalue weighted by Crippen LogP contribution is -2.47. The Hall–Kier alpha value is -1.38. The van der Waals surface area contributed by atoms with E-state index in [-0.39, 0.29) is 0 Å². The third kappa shape index (κ3) is 2.55. The molecule has 96 valence electrons. The van der Waals surface area contributed by atoms with Gasteiger partial charge in [-0.3, -0.25) is 0 Å². The van der Waals surface area contributed by atoms with Crippen LogP contribution in [0, 0.1) is 0 Å². The molecule has 0 aliphatic heterocycles. The SMILES string of the molecule is CCc1cccc(C2=CCC(N)(N)C=C2)c1CC. The first-order valence-electron chi connectivity index (χ1n) is 6.65. The standard InChI is InChI=1S/C16H22N2/c1-3-12-6-5-7-15(14(12)4-2)13-8-10-16(17,18)11-9-13/h5-10H,3-4,11,17-18H2,1-2H3. The Morgan fingerprint density at radius 1 is 1.17 bits per heavy atom. The van der Waals surface area contributed by atoms with E-state index in [1.807, 2.05) is 6.08 Å². The molecular formula is C16H22N2. The molecule has 0 unspecified atom stereocenters.